The average molecular weight is 308 g/mol. The Labute approximate surface area is 113 Å². The van der Waals surface area contributed by atoms with Crippen molar-refractivity contribution in [2.45, 2.75) is 18.8 Å². The Morgan fingerprint density at radius 1 is 1.39 bits per heavy atom. The van der Waals surface area contributed by atoms with E-state index >= 15 is 0 Å². The van der Waals surface area contributed by atoms with Crippen molar-refractivity contribution < 1.29 is 8.81 Å². The molecule has 18 heavy (non-hydrogen) atoms. The summed E-state index contributed by atoms with van der Waals surface area (Å²) in [5.74, 6) is 0.270. The normalized spacial score (nSPS) is 13.9. The van der Waals surface area contributed by atoms with Crippen molar-refractivity contribution >= 4 is 15.9 Å². The topological polar surface area (TPSA) is 36.9 Å². The van der Waals surface area contributed by atoms with Crippen molar-refractivity contribution in [3.05, 3.63) is 58.2 Å². The lowest BCUT2D eigenvalue weighted by Crippen LogP contribution is -2.24. The first-order chi connectivity index (χ1) is 8.57. The van der Waals surface area contributed by atoms with Gasteiger partial charge in [0.25, 0.3) is 0 Å². The predicted molar refractivity (Wildman–Crippen MR) is 69.5 cm³/mol. The van der Waals surface area contributed by atoms with Crippen LogP contribution >= 0.6 is 15.9 Å². The van der Waals surface area contributed by atoms with Gasteiger partial charge in [-0.15, -0.1) is 0 Å². The van der Waals surface area contributed by atoms with Crippen LogP contribution in [0.2, 0.25) is 0 Å². The van der Waals surface area contributed by atoms with E-state index in [0.29, 0.717) is 22.2 Å². The molecule has 0 bridgehead atoms. The van der Waals surface area contributed by atoms with E-state index in [0.717, 1.165) is 0 Å². The van der Waals surface area contributed by atoms with E-state index < -0.39 is 11.2 Å². The molecule has 0 saturated carbocycles. The molecule has 2 rings (SSSR count). The summed E-state index contributed by atoms with van der Waals surface area (Å²) in [5, 5.41) is 9.38. The van der Waals surface area contributed by atoms with Crippen LogP contribution in [0.5, 0.6) is 0 Å². The second kappa shape index (κ2) is 4.95. The third-order valence-corrected chi connectivity index (χ3v) is 3.51. The number of nitrogens with zero attached hydrogens (tertiary/aromatic N) is 1. The monoisotopic (exact) mass is 307 g/mol. The van der Waals surface area contributed by atoms with E-state index in [1.54, 1.807) is 43.5 Å². The van der Waals surface area contributed by atoms with Crippen LogP contribution in [-0.4, -0.2) is 0 Å². The van der Waals surface area contributed by atoms with Gasteiger partial charge in [0.15, 0.2) is 0 Å². The van der Waals surface area contributed by atoms with Gasteiger partial charge in [-0.25, -0.2) is 4.39 Å². The molecule has 0 N–H and O–H groups in total. The number of benzene rings is 1. The van der Waals surface area contributed by atoms with Crippen molar-refractivity contribution in [3.8, 4) is 6.07 Å². The number of hydrogen-bond donors (Lipinski definition) is 0. The smallest absolute Gasteiger partial charge is 0.142 e. The highest BCUT2D eigenvalue weighted by molar-refractivity contribution is 9.10. The van der Waals surface area contributed by atoms with Crippen molar-refractivity contribution in [1.29, 1.82) is 5.26 Å². The van der Waals surface area contributed by atoms with Gasteiger partial charge in [0.05, 0.1) is 22.2 Å². The first-order valence-corrected chi connectivity index (χ1v) is 6.24. The highest BCUT2D eigenvalue weighted by Gasteiger charge is 2.31. The van der Waals surface area contributed by atoms with Crippen molar-refractivity contribution in [1.82, 2.24) is 0 Å². The number of nitriles is 1. The van der Waals surface area contributed by atoms with Crippen molar-refractivity contribution in [2.24, 2.45) is 0 Å². The zero-order chi connectivity index (χ0) is 13.2. The van der Waals surface area contributed by atoms with E-state index in [2.05, 4.69) is 22.0 Å². The van der Waals surface area contributed by atoms with E-state index in [-0.39, 0.29) is 0 Å². The fraction of sp³-hybridized carbons (Fsp3) is 0.214. The van der Waals surface area contributed by atoms with Crippen LogP contribution in [0.3, 0.4) is 0 Å². The van der Waals surface area contributed by atoms with Gasteiger partial charge in [-0.05, 0) is 41.1 Å². The van der Waals surface area contributed by atoms with Crippen LogP contribution in [0.1, 0.15) is 18.2 Å². The Kier molecular flexibility index (Phi) is 3.53. The molecule has 92 valence electrons. The molecule has 0 fully saturated rings. The fourth-order valence-corrected chi connectivity index (χ4v) is 2.25. The van der Waals surface area contributed by atoms with E-state index in [1.165, 1.54) is 0 Å². The molecule has 1 heterocycles. The summed E-state index contributed by atoms with van der Waals surface area (Å²) >= 11 is 3.14. The van der Waals surface area contributed by atoms with Gasteiger partial charge in [0.2, 0.25) is 0 Å². The van der Waals surface area contributed by atoms with Gasteiger partial charge in [-0.1, -0.05) is 12.1 Å². The Bertz CT molecular complexity index is 588. The highest BCUT2D eigenvalue weighted by Crippen LogP contribution is 2.32. The Balaban J connectivity index is 2.44. The maximum atomic E-state index is 14.1. The lowest BCUT2D eigenvalue weighted by molar-refractivity contribution is 0.450. The van der Waals surface area contributed by atoms with Crippen LogP contribution in [0, 0.1) is 17.1 Å². The minimum absolute atomic E-state index is 0.337. The number of rotatable bonds is 3. The Morgan fingerprint density at radius 3 is 2.78 bits per heavy atom. The molecular formula is C14H11BrFNO. The van der Waals surface area contributed by atoms with E-state index in [9.17, 15) is 9.65 Å². The maximum Gasteiger partial charge on any atom is 0.142 e. The van der Waals surface area contributed by atoms with Gasteiger partial charge < -0.3 is 4.42 Å². The minimum Gasteiger partial charge on any atom is -0.469 e. The Hall–Kier alpha value is -1.60. The van der Waals surface area contributed by atoms with E-state index in [4.69, 9.17) is 4.42 Å². The average Bonchev–Trinajstić information content (AvgIpc) is 2.85. The first kappa shape index (κ1) is 12.8. The predicted octanol–water partition coefficient (Wildman–Crippen LogP) is 4.21. The summed E-state index contributed by atoms with van der Waals surface area (Å²) in [7, 11) is 0. The largest absolute Gasteiger partial charge is 0.469 e. The minimum atomic E-state index is -0.953. The first-order valence-electron chi connectivity index (χ1n) is 5.45. The number of furan rings is 1. The fourth-order valence-electron chi connectivity index (χ4n) is 1.89. The molecule has 1 unspecified atom stereocenters. The van der Waals surface area contributed by atoms with Crippen LogP contribution in [0.25, 0.3) is 0 Å². The van der Waals surface area contributed by atoms with E-state index in [1.807, 2.05) is 0 Å². The summed E-state index contributed by atoms with van der Waals surface area (Å²) in [6.45, 7) is 1.71. The molecule has 0 radical (unpaired) electrons. The molecule has 2 aromatic rings. The molecule has 1 aromatic heterocycles. The second-order valence-corrected chi connectivity index (χ2v) is 5.16. The summed E-state index contributed by atoms with van der Waals surface area (Å²) in [5.41, 5.74) is -0.582. The molecule has 0 spiro atoms. The second-order valence-electron chi connectivity index (χ2n) is 4.30. The van der Waals surface area contributed by atoms with Crippen molar-refractivity contribution in [3.63, 3.8) is 0 Å². The maximum absolute atomic E-state index is 14.1. The van der Waals surface area contributed by atoms with Crippen molar-refractivity contribution in [2.75, 3.05) is 0 Å². The van der Waals surface area contributed by atoms with Gasteiger partial charge in [0, 0.05) is 12.0 Å². The van der Waals surface area contributed by atoms with Gasteiger partial charge >= 0.3 is 0 Å². The van der Waals surface area contributed by atoms with Gasteiger partial charge in [0.1, 0.15) is 11.6 Å². The molecule has 2 nitrogen and oxygen atoms in total. The summed E-state index contributed by atoms with van der Waals surface area (Å²) in [4.78, 5) is 0. The third kappa shape index (κ3) is 2.32. The third-order valence-electron chi connectivity index (χ3n) is 2.90. The quantitative estimate of drug-likeness (QED) is 0.852. The van der Waals surface area contributed by atoms with Crippen LogP contribution in [-0.2, 0) is 11.8 Å². The Morgan fingerprint density at radius 2 is 2.17 bits per heavy atom. The van der Waals surface area contributed by atoms with Gasteiger partial charge in [-0.3, -0.25) is 0 Å². The zero-order valence-corrected chi connectivity index (χ0v) is 11.4. The molecule has 4 heteroatoms. The number of halogens is 2. The lowest BCUT2D eigenvalue weighted by atomic mass is 9.80. The summed E-state index contributed by atoms with van der Waals surface area (Å²) in [6, 6.07) is 10.7. The zero-order valence-electron chi connectivity index (χ0n) is 9.78. The molecule has 0 amide bonds. The molecule has 0 saturated heterocycles. The SMILES string of the molecule is CC(C#N)(Cc1ccco1)c1cccc(Br)c1F. The standard InChI is InChI=1S/C14H11BrFNO/c1-14(9-17,8-10-4-3-7-18-10)11-5-2-6-12(15)13(11)16/h2-7H,8H2,1H3. The molecule has 1 atom stereocenters. The molecule has 0 aliphatic rings. The molecular weight excluding hydrogens is 297 g/mol. The summed E-state index contributed by atoms with van der Waals surface area (Å²) in [6.07, 6.45) is 1.88. The van der Waals surface area contributed by atoms with Crippen LogP contribution in [0.4, 0.5) is 4.39 Å². The highest BCUT2D eigenvalue weighted by atomic mass is 79.9. The molecule has 0 aliphatic carbocycles. The van der Waals surface area contributed by atoms with Gasteiger partial charge in [-0.2, -0.15) is 5.26 Å². The molecule has 0 aliphatic heterocycles. The summed E-state index contributed by atoms with van der Waals surface area (Å²) < 4.78 is 19.7. The molecule has 1 aromatic carbocycles. The van der Waals surface area contributed by atoms with Crippen LogP contribution < -0.4 is 0 Å². The van der Waals surface area contributed by atoms with Crippen LogP contribution in [0.15, 0.2) is 45.5 Å². The number of hydrogen-bond acceptors (Lipinski definition) is 2. The lowest BCUT2D eigenvalue weighted by Gasteiger charge is -2.21.